The Labute approximate surface area is 151 Å². The molecule has 0 aliphatic rings. The van der Waals surface area contributed by atoms with Crippen molar-refractivity contribution in [2.45, 2.75) is 13.3 Å². The van der Waals surface area contributed by atoms with Crippen molar-refractivity contribution in [3.63, 3.8) is 0 Å². The Morgan fingerprint density at radius 2 is 1.80 bits per heavy atom. The first-order chi connectivity index (χ1) is 12.1. The number of pyridine rings is 1. The summed E-state index contributed by atoms with van der Waals surface area (Å²) in [4.78, 5) is 4.68. The van der Waals surface area contributed by atoms with Gasteiger partial charge in [-0.1, -0.05) is 35.9 Å². The van der Waals surface area contributed by atoms with Crippen LogP contribution in [-0.4, -0.2) is 9.38 Å². The number of hydrogen-bond donors (Lipinski definition) is 1. The van der Waals surface area contributed by atoms with E-state index in [1.54, 1.807) is 0 Å². The van der Waals surface area contributed by atoms with Crippen LogP contribution in [0.2, 0.25) is 5.02 Å². The Morgan fingerprint density at radius 1 is 1.00 bits per heavy atom. The van der Waals surface area contributed by atoms with E-state index < -0.39 is 0 Å². The summed E-state index contributed by atoms with van der Waals surface area (Å²) in [6, 6.07) is 18.1. The van der Waals surface area contributed by atoms with E-state index in [2.05, 4.69) is 46.0 Å². The molecule has 2 N–H and O–H groups in total. The molecule has 0 amide bonds. The molecule has 4 aromatic rings. The van der Waals surface area contributed by atoms with Gasteiger partial charge in [0.05, 0.1) is 5.69 Å². The number of aromatic nitrogens is 2. The molecule has 25 heavy (non-hydrogen) atoms. The minimum atomic E-state index is 0.725. The molecular weight excluding hydrogens is 330 g/mol. The van der Waals surface area contributed by atoms with Crippen LogP contribution >= 0.6 is 11.6 Å². The van der Waals surface area contributed by atoms with Crippen molar-refractivity contribution < 1.29 is 0 Å². The third-order valence-corrected chi connectivity index (χ3v) is 4.49. The van der Waals surface area contributed by atoms with Gasteiger partial charge in [0.2, 0.25) is 0 Å². The third-order valence-electron chi connectivity index (χ3n) is 4.25. The van der Waals surface area contributed by atoms with Gasteiger partial charge in [0.15, 0.2) is 0 Å². The molecule has 124 valence electrons. The second-order valence-electron chi connectivity index (χ2n) is 6.30. The quantitative estimate of drug-likeness (QED) is 0.522. The topological polar surface area (TPSA) is 43.3 Å². The van der Waals surface area contributed by atoms with Gasteiger partial charge in [0.1, 0.15) is 5.65 Å². The van der Waals surface area contributed by atoms with Crippen molar-refractivity contribution in [3.8, 4) is 11.1 Å². The number of benzene rings is 2. The summed E-state index contributed by atoms with van der Waals surface area (Å²) in [6.45, 7) is 2.01. The number of halogens is 1. The van der Waals surface area contributed by atoms with Gasteiger partial charge in [-0.25, -0.2) is 4.98 Å². The highest BCUT2D eigenvalue weighted by atomic mass is 35.5. The van der Waals surface area contributed by atoms with Gasteiger partial charge in [-0.15, -0.1) is 0 Å². The molecule has 4 rings (SSSR count). The average molecular weight is 348 g/mol. The smallest absolute Gasteiger partial charge is 0.144 e. The number of fused-ring (bicyclic) bond motifs is 1. The first kappa shape index (κ1) is 15.7. The molecule has 0 spiro atoms. The standard InChI is InChI=1S/C21H18ClN3/c1-14-12-25-13-16(9-15-5-7-19(23)8-6-15)10-20(21(25)24-14)17-3-2-4-18(22)11-17/h2-8,10-13H,9,23H2,1H3. The van der Waals surface area contributed by atoms with Crippen LogP contribution in [0.15, 0.2) is 67.0 Å². The van der Waals surface area contributed by atoms with Gasteiger partial charge in [0.25, 0.3) is 0 Å². The number of rotatable bonds is 3. The monoisotopic (exact) mass is 347 g/mol. The van der Waals surface area contributed by atoms with Crippen LogP contribution < -0.4 is 5.73 Å². The molecule has 0 atom stereocenters. The van der Waals surface area contributed by atoms with E-state index in [0.717, 1.165) is 39.6 Å². The largest absolute Gasteiger partial charge is 0.399 e. The number of anilines is 1. The van der Waals surface area contributed by atoms with E-state index in [1.165, 1.54) is 11.1 Å². The number of nitrogens with zero attached hydrogens (tertiary/aromatic N) is 2. The molecule has 3 nitrogen and oxygen atoms in total. The maximum atomic E-state index is 6.20. The first-order valence-electron chi connectivity index (χ1n) is 8.17. The molecule has 0 radical (unpaired) electrons. The second kappa shape index (κ2) is 6.26. The zero-order valence-electron chi connectivity index (χ0n) is 13.9. The van der Waals surface area contributed by atoms with Crippen LogP contribution in [0.5, 0.6) is 0 Å². The summed E-state index contributed by atoms with van der Waals surface area (Å²) >= 11 is 6.20. The predicted octanol–water partition coefficient (Wildman–Crippen LogP) is 5.14. The van der Waals surface area contributed by atoms with Crippen LogP contribution in [0.3, 0.4) is 0 Å². The molecule has 2 aromatic heterocycles. The van der Waals surface area contributed by atoms with Gasteiger partial charge in [0, 0.05) is 28.7 Å². The molecule has 4 heteroatoms. The summed E-state index contributed by atoms with van der Waals surface area (Å²) in [5, 5.41) is 0.725. The Morgan fingerprint density at radius 3 is 2.56 bits per heavy atom. The highest BCUT2D eigenvalue weighted by molar-refractivity contribution is 6.30. The second-order valence-corrected chi connectivity index (χ2v) is 6.74. The van der Waals surface area contributed by atoms with Crippen LogP contribution in [0.25, 0.3) is 16.8 Å². The molecule has 0 saturated carbocycles. The van der Waals surface area contributed by atoms with Crippen molar-refractivity contribution >= 4 is 22.9 Å². The normalized spacial score (nSPS) is 11.1. The van der Waals surface area contributed by atoms with Gasteiger partial charge < -0.3 is 10.1 Å². The van der Waals surface area contributed by atoms with Gasteiger partial charge >= 0.3 is 0 Å². The van der Waals surface area contributed by atoms with E-state index >= 15 is 0 Å². The molecule has 0 aliphatic carbocycles. The summed E-state index contributed by atoms with van der Waals surface area (Å²) < 4.78 is 2.10. The van der Waals surface area contributed by atoms with Gasteiger partial charge in [-0.3, -0.25) is 0 Å². The maximum Gasteiger partial charge on any atom is 0.144 e. The van der Waals surface area contributed by atoms with E-state index in [4.69, 9.17) is 17.3 Å². The van der Waals surface area contributed by atoms with E-state index in [9.17, 15) is 0 Å². The number of aryl methyl sites for hydroxylation is 1. The van der Waals surface area contributed by atoms with Gasteiger partial charge in [-0.05, 0) is 60.4 Å². The van der Waals surface area contributed by atoms with Crippen LogP contribution in [0.4, 0.5) is 5.69 Å². The number of hydrogen-bond acceptors (Lipinski definition) is 2. The minimum Gasteiger partial charge on any atom is -0.399 e. The molecule has 0 fully saturated rings. The van der Waals surface area contributed by atoms with E-state index in [1.807, 2.05) is 37.3 Å². The maximum absolute atomic E-state index is 6.20. The highest BCUT2D eigenvalue weighted by Gasteiger charge is 2.10. The van der Waals surface area contributed by atoms with E-state index in [-0.39, 0.29) is 0 Å². The van der Waals surface area contributed by atoms with Gasteiger partial charge in [-0.2, -0.15) is 0 Å². The summed E-state index contributed by atoms with van der Waals surface area (Å²) in [7, 11) is 0. The third kappa shape index (κ3) is 3.24. The van der Waals surface area contributed by atoms with Crippen LogP contribution in [0.1, 0.15) is 16.8 Å². The zero-order valence-corrected chi connectivity index (χ0v) is 14.7. The minimum absolute atomic E-state index is 0.725. The zero-order chi connectivity index (χ0) is 17.4. The number of nitrogens with two attached hydrogens (primary N) is 1. The first-order valence-corrected chi connectivity index (χ1v) is 8.55. The van der Waals surface area contributed by atoms with E-state index in [0.29, 0.717) is 0 Å². The SMILES string of the molecule is Cc1cn2cc(Cc3ccc(N)cc3)cc(-c3cccc(Cl)c3)c2n1. The summed E-state index contributed by atoms with van der Waals surface area (Å²) in [5.41, 5.74) is 13.1. The lowest BCUT2D eigenvalue weighted by atomic mass is 10.0. The number of imidazole rings is 1. The molecular formula is C21H18ClN3. The molecule has 0 aliphatic heterocycles. The predicted molar refractivity (Wildman–Crippen MR) is 104 cm³/mol. The van der Waals surface area contributed by atoms with Crippen molar-refractivity contribution in [1.29, 1.82) is 0 Å². The van der Waals surface area contributed by atoms with Crippen LogP contribution in [0, 0.1) is 6.92 Å². The lowest BCUT2D eigenvalue weighted by Crippen LogP contribution is -1.96. The molecule has 0 unspecified atom stereocenters. The molecule has 2 heterocycles. The fraction of sp³-hybridized carbons (Fsp3) is 0.0952. The highest BCUT2D eigenvalue weighted by Crippen LogP contribution is 2.28. The Hall–Kier alpha value is -2.78. The van der Waals surface area contributed by atoms with Crippen molar-refractivity contribution in [1.82, 2.24) is 9.38 Å². The molecule has 0 saturated heterocycles. The lowest BCUT2D eigenvalue weighted by Gasteiger charge is -2.09. The lowest BCUT2D eigenvalue weighted by molar-refractivity contribution is 1.10. The average Bonchev–Trinajstić information content (AvgIpc) is 2.96. The number of nitrogen functional groups attached to an aromatic ring is 1. The van der Waals surface area contributed by atoms with Crippen molar-refractivity contribution in [3.05, 3.63) is 88.8 Å². The van der Waals surface area contributed by atoms with Crippen LogP contribution in [-0.2, 0) is 6.42 Å². The molecule has 2 aromatic carbocycles. The van der Waals surface area contributed by atoms with Crippen molar-refractivity contribution in [2.24, 2.45) is 0 Å². The molecule has 0 bridgehead atoms. The fourth-order valence-electron chi connectivity index (χ4n) is 3.12. The fourth-order valence-corrected chi connectivity index (χ4v) is 3.31. The Kier molecular flexibility index (Phi) is 3.94. The summed E-state index contributed by atoms with van der Waals surface area (Å²) in [5.74, 6) is 0. The Balaban J connectivity index is 1.84. The van der Waals surface area contributed by atoms with Crippen molar-refractivity contribution in [2.75, 3.05) is 5.73 Å². The summed E-state index contributed by atoms with van der Waals surface area (Å²) in [6.07, 6.45) is 5.02. The Bertz CT molecular complexity index is 1050.